The Labute approximate surface area is 104 Å². The number of ether oxygens (including phenoxy) is 2. The highest BCUT2D eigenvalue weighted by Crippen LogP contribution is 2.34. The van der Waals surface area contributed by atoms with Crippen molar-refractivity contribution in [3.8, 4) is 11.5 Å². The number of carbonyl (C=O) groups is 1. The van der Waals surface area contributed by atoms with Gasteiger partial charge in [0, 0.05) is 11.8 Å². The van der Waals surface area contributed by atoms with E-state index in [1.54, 1.807) is 17.8 Å². The summed E-state index contributed by atoms with van der Waals surface area (Å²) < 4.78 is 10.5. The molecule has 1 aromatic carbocycles. The fraction of sp³-hybridized carbons (Fsp3) is 0.417. The first-order valence-electron chi connectivity index (χ1n) is 5.65. The molecule has 0 bridgehead atoms. The second-order valence-electron chi connectivity index (χ2n) is 4.06. The molecule has 0 spiro atoms. The van der Waals surface area contributed by atoms with Gasteiger partial charge >= 0.3 is 0 Å². The molecule has 0 saturated carbocycles. The minimum atomic E-state index is 0.0892. The summed E-state index contributed by atoms with van der Waals surface area (Å²) in [7, 11) is 0. The van der Waals surface area contributed by atoms with Crippen molar-refractivity contribution in [3.63, 3.8) is 0 Å². The monoisotopic (exact) mass is 251 g/mol. The first kappa shape index (κ1) is 10.8. The summed E-state index contributed by atoms with van der Waals surface area (Å²) >= 11 is 1.73. The zero-order chi connectivity index (χ0) is 11.7. The summed E-state index contributed by atoms with van der Waals surface area (Å²) in [5, 5.41) is 3.02. The number of carbonyl (C=O) groups excluding carboxylic acids is 1. The second kappa shape index (κ2) is 4.49. The number of fused-ring (bicyclic) bond motifs is 1. The van der Waals surface area contributed by atoms with Crippen molar-refractivity contribution >= 4 is 23.4 Å². The van der Waals surface area contributed by atoms with Crippen molar-refractivity contribution in [3.05, 3.63) is 18.2 Å². The lowest BCUT2D eigenvalue weighted by Gasteiger charge is -2.10. The molecule has 2 aliphatic heterocycles. The third kappa shape index (κ3) is 2.20. The smallest absolute Gasteiger partial charge is 0.237 e. The van der Waals surface area contributed by atoms with E-state index in [4.69, 9.17) is 9.47 Å². The van der Waals surface area contributed by atoms with Crippen molar-refractivity contribution in [2.45, 2.75) is 18.1 Å². The summed E-state index contributed by atoms with van der Waals surface area (Å²) in [6.45, 7) is 0.255. The molecule has 0 aliphatic carbocycles. The van der Waals surface area contributed by atoms with Crippen molar-refractivity contribution in [2.24, 2.45) is 0 Å². The maximum absolute atomic E-state index is 11.9. The van der Waals surface area contributed by atoms with E-state index in [1.165, 1.54) is 0 Å². The topological polar surface area (TPSA) is 47.6 Å². The number of benzene rings is 1. The largest absolute Gasteiger partial charge is 0.454 e. The van der Waals surface area contributed by atoms with Gasteiger partial charge in [-0.3, -0.25) is 4.79 Å². The molecule has 1 N–H and O–H groups in total. The number of anilines is 1. The second-order valence-corrected chi connectivity index (χ2v) is 5.37. The van der Waals surface area contributed by atoms with Gasteiger partial charge in [-0.25, -0.2) is 0 Å². The Morgan fingerprint density at radius 3 is 3.06 bits per heavy atom. The van der Waals surface area contributed by atoms with Gasteiger partial charge in [0.15, 0.2) is 11.5 Å². The number of hydrogen-bond donors (Lipinski definition) is 1. The van der Waals surface area contributed by atoms with Gasteiger partial charge in [0.25, 0.3) is 0 Å². The zero-order valence-corrected chi connectivity index (χ0v) is 10.1. The van der Waals surface area contributed by atoms with Crippen LogP contribution in [0.1, 0.15) is 12.8 Å². The van der Waals surface area contributed by atoms with Gasteiger partial charge in [-0.2, -0.15) is 0 Å². The van der Waals surface area contributed by atoms with Crippen molar-refractivity contribution in [1.29, 1.82) is 0 Å². The van der Waals surface area contributed by atoms with Gasteiger partial charge in [-0.1, -0.05) is 0 Å². The molecule has 2 heterocycles. The molecule has 1 unspecified atom stereocenters. The first-order valence-corrected chi connectivity index (χ1v) is 6.70. The molecule has 17 heavy (non-hydrogen) atoms. The summed E-state index contributed by atoms with van der Waals surface area (Å²) in [4.78, 5) is 11.9. The van der Waals surface area contributed by atoms with Crippen LogP contribution in [-0.4, -0.2) is 23.7 Å². The lowest BCUT2D eigenvalue weighted by molar-refractivity contribution is -0.115. The number of thioether (sulfide) groups is 1. The van der Waals surface area contributed by atoms with Gasteiger partial charge < -0.3 is 14.8 Å². The van der Waals surface area contributed by atoms with Crippen molar-refractivity contribution < 1.29 is 14.3 Å². The average molecular weight is 251 g/mol. The maximum Gasteiger partial charge on any atom is 0.237 e. The normalized spacial score (nSPS) is 21.5. The molecule has 1 amide bonds. The van der Waals surface area contributed by atoms with Gasteiger partial charge in [-0.15, -0.1) is 11.8 Å². The SMILES string of the molecule is O=C(Nc1ccc2c(c1)OCO2)C1CCCS1. The molecule has 1 saturated heterocycles. The summed E-state index contributed by atoms with van der Waals surface area (Å²) in [5.41, 5.74) is 0.770. The summed E-state index contributed by atoms with van der Waals surface area (Å²) in [5.74, 6) is 2.60. The highest BCUT2D eigenvalue weighted by Gasteiger charge is 2.23. The predicted octanol–water partition coefficient (Wildman–Crippen LogP) is 2.25. The van der Waals surface area contributed by atoms with E-state index >= 15 is 0 Å². The van der Waals surface area contributed by atoms with Crippen molar-refractivity contribution in [2.75, 3.05) is 17.9 Å². The molecular weight excluding hydrogens is 238 g/mol. The van der Waals surface area contributed by atoms with E-state index in [2.05, 4.69) is 5.32 Å². The fourth-order valence-electron chi connectivity index (χ4n) is 1.98. The lowest BCUT2D eigenvalue weighted by atomic mass is 10.2. The van der Waals surface area contributed by atoms with Crippen LogP contribution < -0.4 is 14.8 Å². The molecule has 3 rings (SSSR count). The van der Waals surface area contributed by atoms with E-state index < -0.39 is 0 Å². The van der Waals surface area contributed by atoms with Crippen LogP contribution in [0.3, 0.4) is 0 Å². The number of nitrogens with one attached hydrogen (secondary N) is 1. The van der Waals surface area contributed by atoms with Crippen LogP contribution in [0.5, 0.6) is 11.5 Å². The Morgan fingerprint density at radius 1 is 1.35 bits per heavy atom. The molecule has 1 aromatic rings. The summed E-state index contributed by atoms with van der Waals surface area (Å²) in [6.07, 6.45) is 2.10. The van der Waals surface area contributed by atoms with Crippen LogP contribution in [0.2, 0.25) is 0 Å². The Balaban J connectivity index is 1.70. The minimum Gasteiger partial charge on any atom is -0.454 e. The van der Waals surface area contributed by atoms with Crippen LogP contribution in [0.4, 0.5) is 5.69 Å². The van der Waals surface area contributed by atoms with Gasteiger partial charge in [-0.05, 0) is 30.7 Å². The molecule has 1 fully saturated rings. The quantitative estimate of drug-likeness (QED) is 0.875. The number of amides is 1. The number of rotatable bonds is 2. The van der Waals surface area contributed by atoms with Crippen LogP contribution in [-0.2, 0) is 4.79 Å². The Morgan fingerprint density at radius 2 is 2.24 bits per heavy atom. The average Bonchev–Trinajstić information content (AvgIpc) is 2.99. The highest BCUT2D eigenvalue weighted by atomic mass is 32.2. The Kier molecular flexibility index (Phi) is 2.84. The Hall–Kier alpha value is -1.36. The summed E-state index contributed by atoms with van der Waals surface area (Å²) in [6, 6.07) is 5.46. The zero-order valence-electron chi connectivity index (χ0n) is 9.27. The molecule has 4 nitrogen and oxygen atoms in total. The van der Waals surface area contributed by atoms with E-state index in [0.29, 0.717) is 5.75 Å². The van der Waals surface area contributed by atoms with E-state index in [-0.39, 0.29) is 18.0 Å². The minimum absolute atomic E-state index is 0.0892. The van der Waals surface area contributed by atoms with E-state index in [0.717, 1.165) is 30.0 Å². The molecular formula is C12H13NO3S. The van der Waals surface area contributed by atoms with E-state index in [1.807, 2.05) is 12.1 Å². The van der Waals surface area contributed by atoms with Gasteiger partial charge in [0.2, 0.25) is 12.7 Å². The number of hydrogen-bond acceptors (Lipinski definition) is 4. The van der Waals surface area contributed by atoms with Gasteiger partial charge in [0.05, 0.1) is 5.25 Å². The van der Waals surface area contributed by atoms with Crippen LogP contribution in [0, 0.1) is 0 Å². The van der Waals surface area contributed by atoms with Crippen LogP contribution in [0.25, 0.3) is 0 Å². The highest BCUT2D eigenvalue weighted by molar-refractivity contribution is 8.00. The lowest BCUT2D eigenvalue weighted by Crippen LogP contribution is -2.22. The Bertz CT molecular complexity index is 443. The van der Waals surface area contributed by atoms with E-state index in [9.17, 15) is 4.79 Å². The van der Waals surface area contributed by atoms with Crippen LogP contribution >= 0.6 is 11.8 Å². The molecule has 0 radical (unpaired) electrons. The fourth-order valence-corrected chi connectivity index (χ4v) is 3.14. The van der Waals surface area contributed by atoms with Crippen LogP contribution in [0.15, 0.2) is 18.2 Å². The maximum atomic E-state index is 11.9. The molecule has 5 heteroatoms. The first-order chi connectivity index (χ1) is 8.33. The molecule has 1 atom stereocenters. The third-order valence-electron chi connectivity index (χ3n) is 2.86. The van der Waals surface area contributed by atoms with Crippen molar-refractivity contribution in [1.82, 2.24) is 0 Å². The predicted molar refractivity (Wildman–Crippen MR) is 66.7 cm³/mol. The standard InChI is InChI=1S/C12H13NO3S/c14-12(11-2-1-5-17-11)13-8-3-4-9-10(6-8)16-7-15-9/h3-4,6,11H,1-2,5,7H2,(H,13,14). The van der Waals surface area contributed by atoms with Gasteiger partial charge in [0.1, 0.15) is 0 Å². The third-order valence-corrected chi connectivity index (χ3v) is 4.24. The molecule has 90 valence electrons. The molecule has 2 aliphatic rings. The molecule has 0 aromatic heterocycles.